The van der Waals surface area contributed by atoms with Crippen molar-refractivity contribution in [1.82, 2.24) is 0 Å². The predicted octanol–water partition coefficient (Wildman–Crippen LogP) is 3.14. The topological polar surface area (TPSA) is 63.3 Å². The molecular formula is C12H10FNO2S. The van der Waals surface area contributed by atoms with Crippen molar-refractivity contribution < 1.29 is 14.3 Å². The van der Waals surface area contributed by atoms with E-state index in [1.165, 1.54) is 12.1 Å². The Kier molecular flexibility index (Phi) is 2.85. The standard InChI is InChI=1S/C12H10FNO2S/c1-6-3-2-4-7(13)10(6)9-5-8(14)11(17-9)12(15)16/h2-5H,14H2,1H3,(H,15,16). The highest BCUT2D eigenvalue weighted by Gasteiger charge is 2.17. The molecule has 88 valence electrons. The monoisotopic (exact) mass is 251 g/mol. The third-order valence-corrected chi connectivity index (χ3v) is 3.58. The molecule has 0 aliphatic rings. The summed E-state index contributed by atoms with van der Waals surface area (Å²) in [5.74, 6) is -1.46. The van der Waals surface area contributed by atoms with Crippen LogP contribution in [0.4, 0.5) is 10.1 Å². The maximum atomic E-state index is 13.7. The number of anilines is 1. The number of rotatable bonds is 2. The number of carbonyl (C=O) groups is 1. The maximum absolute atomic E-state index is 13.7. The first-order chi connectivity index (χ1) is 8.00. The van der Waals surface area contributed by atoms with E-state index in [4.69, 9.17) is 10.8 Å². The van der Waals surface area contributed by atoms with Crippen molar-refractivity contribution in [3.05, 3.63) is 40.5 Å². The average molecular weight is 251 g/mol. The highest BCUT2D eigenvalue weighted by Crippen LogP contribution is 2.36. The minimum atomic E-state index is -1.09. The van der Waals surface area contributed by atoms with Crippen LogP contribution in [0.2, 0.25) is 0 Å². The van der Waals surface area contributed by atoms with E-state index in [0.717, 1.165) is 16.9 Å². The lowest BCUT2D eigenvalue weighted by Crippen LogP contribution is -1.96. The van der Waals surface area contributed by atoms with E-state index in [1.807, 2.05) is 0 Å². The average Bonchev–Trinajstić information content (AvgIpc) is 2.60. The number of aryl methyl sites for hydroxylation is 1. The van der Waals surface area contributed by atoms with Gasteiger partial charge in [0.15, 0.2) is 0 Å². The molecule has 0 saturated heterocycles. The van der Waals surface area contributed by atoms with Crippen molar-refractivity contribution >= 4 is 23.0 Å². The zero-order valence-corrected chi connectivity index (χ0v) is 9.84. The Hall–Kier alpha value is -1.88. The molecular weight excluding hydrogens is 241 g/mol. The molecule has 0 bridgehead atoms. The molecule has 0 unspecified atom stereocenters. The summed E-state index contributed by atoms with van der Waals surface area (Å²) in [7, 11) is 0. The molecule has 0 aliphatic carbocycles. The van der Waals surface area contributed by atoms with Crippen molar-refractivity contribution in [1.29, 1.82) is 0 Å². The molecule has 0 aliphatic heterocycles. The number of carboxylic acid groups (broad SMARTS) is 1. The van der Waals surface area contributed by atoms with Crippen LogP contribution in [-0.2, 0) is 0 Å². The van der Waals surface area contributed by atoms with Gasteiger partial charge in [0.05, 0.1) is 5.69 Å². The number of aromatic carboxylic acids is 1. The Morgan fingerprint density at radius 2 is 2.18 bits per heavy atom. The number of halogens is 1. The fourth-order valence-electron chi connectivity index (χ4n) is 1.64. The highest BCUT2D eigenvalue weighted by atomic mass is 32.1. The molecule has 0 spiro atoms. The van der Waals surface area contributed by atoms with Crippen molar-refractivity contribution in [2.45, 2.75) is 6.92 Å². The number of nitrogens with two attached hydrogens (primary N) is 1. The summed E-state index contributed by atoms with van der Waals surface area (Å²) in [6.45, 7) is 1.77. The van der Waals surface area contributed by atoms with Gasteiger partial charge in [-0.1, -0.05) is 12.1 Å². The van der Waals surface area contributed by atoms with Crippen LogP contribution in [0, 0.1) is 12.7 Å². The van der Waals surface area contributed by atoms with Crippen LogP contribution >= 0.6 is 11.3 Å². The van der Waals surface area contributed by atoms with E-state index >= 15 is 0 Å². The van der Waals surface area contributed by atoms with Gasteiger partial charge < -0.3 is 10.8 Å². The SMILES string of the molecule is Cc1cccc(F)c1-c1cc(N)c(C(=O)O)s1. The van der Waals surface area contributed by atoms with Gasteiger partial charge >= 0.3 is 5.97 Å². The lowest BCUT2D eigenvalue weighted by molar-refractivity contribution is 0.0703. The zero-order chi connectivity index (χ0) is 12.6. The van der Waals surface area contributed by atoms with E-state index in [0.29, 0.717) is 10.4 Å². The van der Waals surface area contributed by atoms with Crippen LogP contribution in [0.1, 0.15) is 15.2 Å². The molecule has 2 rings (SSSR count). The van der Waals surface area contributed by atoms with Crippen molar-refractivity contribution in [2.75, 3.05) is 5.73 Å². The van der Waals surface area contributed by atoms with Crippen molar-refractivity contribution in [3.63, 3.8) is 0 Å². The van der Waals surface area contributed by atoms with Gasteiger partial charge in [-0.05, 0) is 24.6 Å². The molecule has 3 N–H and O–H groups in total. The number of hydrogen-bond donors (Lipinski definition) is 2. The minimum absolute atomic E-state index is 0.0441. The third-order valence-electron chi connectivity index (χ3n) is 2.42. The summed E-state index contributed by atoms with van der Waals surface area (Å²) in [6, 6.07) is 6.23. The van der Waals surface area contributed by atoms with Gasteiger partial charge in [0.25, 0.3) is 0 Å². The number of carboxylic acids is 1. The van der Waals surface area contributed by atoms with Gasteiger partial charge in [0.2, 0.25) is 0 Å². The number of hydrogen-bond acceptors (Lipinski definition) is 3. The smallest absolute Gasteiger partial charge is 0.348 e. The molecule has 1 aromatic carbocycles. The summed E-state index contributed by atoms with van der Waals surface area (Å²) < 4.78 is 13.7. The Labute approximate surface area is 101 Å². The molecule has 2 aromatic rings. The number of thiophene rings is 1. The van der Waals surface area contributed by atoms with E-state index in [1.54, 1.807) is 19.1 Å². The Bertz CT molecular complexity index is 572. The predicted molar refractivity (Wildman–Crippen MR) is 65.8 cm³/mol. The van der Waals surface area contributed by atoms with Gasteiger partial charge in [0, 0.05) is 10.4 Å². The first kappa shape index (κ1) is 11.6. The first-order valence-corrected chi connectivity index (χ1v) is 5.70. The van der Waals surface area contributed by atoms with Gasteiger partial charge in [-0.2, -0.15) is 0 Å². The second-order valence-corrected chi connectivity index (χ2v) is 4.68. The molecule has 17 heavy (non-hydrogen) atoms. The largest absolute Gasteiger partial charge is 0.477 e. The van der Waals surface area contributed by atoms with Crippen LogP contribution in [-0.4, -0.2) is 11.1 Å². The van der Waals surface area contributed by atoms with E-state index in [9.17, 15) is 9.18 Å². The first-order valence-electron chi connectivity index (χ1n) is 4.89. The van der Waals surface area contributed by atoms with Crippen LogP contribution in [0.5, 0.6) is 0 Å². The molecule has 0 amide bonds. The van der Waals surface area contributed by atoms with E-state index in [-0.39, 0.29) is 16.4 Å². The highest BCUT2D eigenvalue weighted by molar-refractivity contribution is 7.18. The number of nitrogen functional groups attached to an aromatic ring is 1. The minimum Gasteiger partial charge on any atom is -0.477 e. The van der Waals surface area contributed by atoms with Crippen molar-refractivity contribution in [3.8, 4) is 10.4 Å². The molecule has 0 saturated carbocycles. The number of benzene rings is 1. The fourth-order valence-corrected chi connectivity index (χ4v) is 2.67. The normalized spacial score (nSPS) is 10.5. The van der Waals surface area contributed by atoms with Crippen LogP contribution in [0.25, 0.3) is 10.4 Å². The summed E-state index contributed by atoms with van der Waals surface area (Å²) in [5.41, 5.74) is 6.92. The van der Waals surface area contributed by atoms with E-state index in [2.05, 4.69) is 0 Å². The van der Waals surface area contributed by atoms with Gasteiger partial charge in [-0.25, -0.2) is 9.18 Å². The Morgan fingerprint density at radius 3 is 2.71 bits per heavy atom. The van der Waals surface area contributed by atoms with Gasteiger partial charge in [-0.3, -0.25) is 0 Å². The Balaban J connectivity index is 2.62. The molecule has 1 heterocycles. The molecule has 3 nitrogen and oxygen atoms in total. The quantitative estimate of drug-likeness (QED) is 0.861. The summed E-state index contributed by atoms with van der Waals surface area (Å²) in [5, 5.41) is 8.90. The molecule has 0 fully saturated rings. The van der Waals surface area contributed by atoms with E-state index < -0.39 is 5.97 Å². The molecule has 0 atom stereocenters. The summed E-state index contributed by atoms with van der Waals surface area (Å²) >= 11 is 0.984. The molecule has 5 heteroatoms. The fraction of sp³-hybridized carbons (Fsp3) is 0.0833. The third kappa shape index (κ3) is 2.01. The zero-order valence-electron chi connectivity index (χ0n) is 9.03. The Morgan fingerprint density at radius 1 is 1.47 bits per heavy atom. The van der Waals surface area contributed by atoms with Crippen LogP contribution < -0.4 is 5.73 Å². The molecule has 0 radical (unpaired) electrons. The maximum Gasteiger partial charge on any atom is 0.348 e. The van der Waals surface area contributed by atoms with Crippen molar-refractivity contribution in [2.24, 2.45) is 0 Å². The second kappa shape index (κ2) is 4.18. The van der Waals surface area contributed by atoms with Crippen LogP contribution in [0.3, 0.4) is 0 Å². The lowest BCUT2D eigenvalue weighted by atomic mass is 10.1. The van der Waals surface area contributed by atoms with Gasteiger partial charge in [0.1, 0.15) is 10.7 Å². The summed E-state index contributed by atoms with van der Waals surface area (Å²) in [6.07, 6.45) is 0. The lowest BCUT2D eigenvalue weighted by Gasteiger charge is -2.03. The summed E-state index contributed by atoms with van der Waals surface area (Å²) in [4.78, 5) is 11.5. The second-order valence-electron chi connectivity index (χ2n) is 3.63. The molecule has 1 aromatic heterocycles. The van der Waals surface area contributed by atoms with Crippen LogP contribution in [0.15, 0.2) is 24.3 Å². The van der Waals surface area contributed by atoms with Gasteiger partial charge in [-0.15, -0.1) is 11.3 Å².